The van der Waals surface area contributed by atoms with Gasteiger partial charge in [-0.1, -0.05) is 80.1 Å². The molecule has 0 saturated heterocycles. The van der Waals surface area contributed by atoms with Gasteiger partial charge in [-0.25, -0.2) is 0 Å². The minimum Gasteiger partial charge on any atom is -0.497 e. The van der Waals surface area contributed by atoms with Crippen molar-refractivity contribution in [3.8, 4) is 22.8 Å². The summed E-state index contributed by atoms with van der Waals surface area (Å²) in [5.74, 6) is 0.697. The average Bonchev–Trinajstić information content (AvgIpc) is 3.88. The predicted molar refractivity (Wildman–Crippen MR) is 244 cm³/mol. The van der Waals surface area contributed by atoms with E-state index in [9.17, 15) is 28.5 Å². The number of Topliss-reactive ketones (excluding diaryl/α,β-unsaturated/α-hetero) is 1. The minimum atomic E-state index is -4.61. The fourth-order valence-corrected chi connectivity index (χ4v) is 13.5. The van der Waals surface area contributed by atoms with Gasteiger partial charge in [0, 0.05) is 58.6 Å². The first kappa shape index (κ1) is 46.7. The second kappa shape index (κ2) is 17.3. The van der Waals surface area contributed by atoms with E-state index >= 15 is 4.79 Å². The molecule has 1 heterocycles. The number of carbonyl (C=O) groups is 1. The third-order valence-corrected chi connectivity index (χ3v) is 16.9. The lowest BCUT2D eigenvalue weighted by Crippen LogP contribution is -2.67. The number of carbonyl (C=O) groups excluding carboxylic acids is 1. The Hall–Kier alpha value is -4.43. The Kier molecular flexibility index (Phi) is 12.2. The topological polar surface area (TPSA) is 122 Å². The van der Waals surface area contributed by atoms with Crippen LogP contribution in [0, 0.1) is 33.5 Å². The predicted octanol–water partition coefficient (Wildman–Crippen LogP) is 10.5. The first-order valence-corrected chi connectivity index (χ1v) is 23.4. The van der Waals surface area contributed by atoms with E-state index in [4.69, 9.17) is 30.2 Å². The number of fused-ring (bicyclic) bond motifs is 1. The number of ketones is 1. The van der Waals surface area contributed by atoms with E-state index in [-0.39, 0.29) is 64.8 Å². The lowest BCUT2D eigenvalue weighted by Gasteiger charge is -2.71. The summed E-state index contributed by atoms with van der Waals surface area (Å²) < 4.78 is 64.8. The Morgan fingerprint density at radius 3 is 2.41 bits per heavy atom. The number of benzene rings is 3. The van der Waals surface area contributed by atoms with Crippen LogP contribution in [0.15, 0.2) is 107 Å². The van der Waals surface area contributed by atoms with Crippen LogP contribution in [0.25, 0.3) is 11.3 Å². The molecule has 0 amide bonds. The summed E-state index contributed by atoms with van der Waals surface area (Å²) in [4.78, 5) is 17.4. The van der Waals surface area contributed by atoms with Gasteiger partial charge in [-0.2, -0.15) is 13.2 Å². The maximum atomic E-state index is 15.3. The van der Waals surface area contributed by atoms with Crippen molar-refractivity contribution in [2.45, 2.75) is 95.9 Å². The van der Waals surface area contributed by atoms with Gasteiger partial charge in [-0.3, -0.25) is 9.69 Å². The molecule has 10 rings (SSSR count). The number of rotatable bonds is 15. The lowest BCUT2D eigenvalue weighted by atomic mass is 9.32. The summed E-state index contributed by atoms with van der Waals surface area (Å²) in [6, 6.07) is 21.4. The van der Waals surface area contributed by atoms with Crippen molar-refractivity contribution in [3.05, 3.63) is 130 Å². The Morgan fingerprint density at radius 1 is 0.924 bits per heavy atom. The molecule has 3 saturated carbocycles. The van der Waals surface area contributed by atoms with Gasteiger partial charge in [0.05, 0.1) is 55.8 Å². The number of nitrogens with zero attached hydrogens (tertiary/aromatic N) is 1. The largest absolute Gasteiger partial charge is 0.497 e. The fraction of sp³-hybridized carbons (Fsp3) is 0.491. The van der Waals surface area contributed by atoms with E-state index in [0.717, 1.165) is 29.7 Å². The Labute approximate surface area is 389 Å². The number of aliphatic hydroxyl groups excluding tert-OH is 2. The van der Waals surface area contributed by atoms with E-state index in [1.54, 1.807) is 14.2 Å². The smallest absolute Gasteiger partial charge is 0.416 e. The monoisotopic (exact) mass is 929 g/mol. The van der Waals surface area contributed by atoms with Crippen molar-refractivity contribution < 1.29 is 51.9 Å². The van der Waals surface area contributed by atoms with Crippen LogP contribution >= 0.6 is 11.6 Å². The van der Waals surface area contributed by atoms with Crippen LogP contribution in [-0.2, 0) is 24.1 Å². The van der Waals surface area contributed by atoms with E-state index in [0.29, 0.717) is 68.7 Å². The fourth-order valence-electron chi connectivity index (χ4n) is 13.2. The first-order valence-electron chi connectivity index (χ1n) is 23.0. The van der Waals surface area contributed by atoms with Crippen molar-refractivity contribution in [3.63, 3.8) is 0 Å². The molecule has 4 aromatic rings. The highest BCUT2D eigenvalue weighted by Gasteiger charge is 2.74. The average molecular weight is 931 g/mol. The second-order valence-corrected chi connectivity index (χ2v) is 20.4. The van der Waals surface area contributed by atoms with Gasteiger partial charge in [0.2, 0.25) is 5.78 Å². The number of hydrogen-bond donors (Lipinski definition) is 3. The van der Waals surface area contributed by atoms with Crippen LogP contribution < -0.4 is 9.47 Å². The summed E-state index contributed by atoms with van der Waals surface area (Å²) in [5, 5.41) is 36.2. The standard InChI is InChI=1S/C53H59ClF3NO8/c1-48-19-16-36(59)26-50(48)22-23-52(40(27-50)47(61)43-15-14-42(66-43)39-24-35(53(55,56)57)11-13-41(39)54)45(48)17-20-49(2)46(52)18-21-51(49,62)32-58(28-34-10-12-38(63-3)25-44(34)64-4)29-37(60)31-65-30-33-8-6-5-7-9-33/h5-15,22-25,27,36-37,45-46,59-60,62H,16-21,26,28-32H2,1-4H3/t36?,37-,45-,46-,48-,49+,50+,51-,52-/m1/s1. The van der Waals surface area contributed by atoms with Crippen LogP contribution in [-0.4, -0.2) is 77.7 Å². The molecule has 66 heavy (non-hydrogen) atoms. The first-order chi connectivity index (χ1) is 31.4. The van der Waals surface area contributed by atoms with Crippen LogP contribution in [0.2, 0.25) is 5.02 Å². The van der Waals surface area contributed by atoms with Crippen LogP contribution in [0.3, 0.4) is 0 Å². The van der Waals surface area contributed by atoms with Crippen molar-refractivity contribution in [1.29, 1.82) is 0 Å². The van der Waals surface area contributed by atoms with Crippen molar-refractivity contribution in [1.82, 2.24) is 4.90 Å². The normalized spacial score (nSPS) is 31.5. The minimum absolute atomic E-state index is 0.0116. The molecule has 352 valence electrons. The highest BCUT2D eigenvalue weighted by atomic mass is 35.5. The number of halogens is 4. The van der Waals surface area contributed by atoms with Gasteiger partial charge in [-0.15, -0.1) is 0 Å². The van der Waals surface area contributed by atoms with Crippen molar-refractivity contribution in [2.75, 3.05) is 33.9 Å². The highest BCUT2D eigenvalue weighted by Crippen LogP contribution is 2.78. The molecule has 0 radical (unpaired) electrons. The number of ether oxygens (including phenoxy) is 3. The number of hydrogen-bond acceptors (Lipinski definition) is 9. The van der Waals surface area contributed by atoms with Gasteiger partial charge in [-0.05, 0) is 104 Å². The zero-order chi connectivity index (χ0) is 46.9. The molecule has 6 aliphatic rings. The van der Waals surface area contributed by atoms with E-state index in [1.807, 2.05) is 48.5 Å². The van der Waals surface area contributed by atoms with Crippen LogP contribution in [0.1, 0.15) is 86.0 Å². The zero-order valence-electron chi connectivity index (χ0n) is 37.9. The summed E-state index contributed by atoms with van der Waals surface area (Å²) in [5.41, 5.74) is -2.19. The molecule has 2 spiro atoms. The molecule has 3 N–H and O–H groups in total. The molecule has 0 aliphatic heterocycles. The number of alkyl halides is 3. The molecule has 3 aromatic carbocycles. The van der Waals surface area contributed by atoms with Crippen LogP contribution in [0.4, 0.5) is 13.2 Å². The molecular weight excluding hydrogens is 871 g/mol. The molecule has 1 aromatic heterocycles. The molecule has 3 fully saturated rings. The van der Waals surface area contributed by atoms with Gasteiger partial charge < -0.3 is 33.9 Å². The number of methoxy groups -OCH3 is 2. The third kappa shape index (κ3) is 7.73. The molecule has 2 bridgehead atoms. The zero-order valence-corrected chi connectivity index (χ0v) is 38.6. The molecule has 9 nitrogen and oxygen atoms in total. The van der Waals surface area contributed by atoms with E-state index < -0.39 is 45.8 Å². The SMILES string of the molecule is COc1ccc(CN(C[C@@H](O)COCc2ccccc2)C[C@]2(O)CC[C@H]3[C@]45C=C[C@@]6(C=C4C(=O)c4ccc(-c7cc(C(F)(F)F)ccc7Cl)o4)CC(O)CC[C@]6(C)[C@H]5CC[C@@]32C)c(OC)c1. The Morgan fingerprint density at radius 2 is 1.67 bits per heavy atom. The summed E-state index contributed by atoms with van der Waals surface area (Å²) in [6.45, 7) is 5.65. The number of aliphatic hydroxyl groups is 3. The van der Waals surface area contributed by atoms with Gasteiger partial charge in [0.25, 0.3) is 0 Å². The molecule has 9 atom stereocenters. The van der Waals surface area contributed by atoms with Gasteiger partial charge >= 0.3 is 6.18 Å². The molecule has 1 unspecified atom stereocenters. The third-order valence-electron chi connectivity index (χ3n) is 16.6. The van der Waals surface area contributed by atoms with Gasteiger partial charge in [0.1, 0.15) is 17.3 Å². The van der Waals surface area contributed by atoms with Crippen molar-refractivity contribution in [2.24, 2.45) is 33.5 Å². The molecule has 13 heteroatoms. The maximum absolute atomic E-state index is 15.3. The lowest BCUT2D eigenvalue weighted by molar-refractivity contribution is -0.177. The number of furan rings is 1. The van der Waals surface area contributed by atoms with E-state index in [2.05, 4.69) is 37.0 Å². The maximum Gasteiger partial charge on any atom is 0.416 e. The summed E-state index contributed by atoms with van der Waals surface area (Å²) in [6.07, 6.45) is 4.76. The van der Waals surface area contributed by atoms with Gasteiger partial charge in [0.15, 0.2) is 5.76 Å². The van der Waals surface area contributed by atoms with Crippen LogP contribution in [0.5, 0.6) is 11.5 Å². The molecular formula is C53H59ClF3NO8. The summed E-state index contributed by atoms with van der Waals surface area (Å²) in [7, 11) is 3.19. The Bertz CT molecular complexity index is 2530. The van der Waals surface area contributed by atoms with E-state index in [1.165, 1.54) is 18.2 Å². The van der Waals surface area contributed by atoms with Crippen molar-refractivity contribution >= 4 is 17.4 Å². The Balaban J connectivity index is 1.06. The summed E-state index contributed by atoms with van der Waals surface area (Å²) >= 11 is 6.43. The number of allylic oxidation sites excluding steroid dienone is 4. The quantitative estimate of drug-likeness (QED) is 0.0790. The second-order valence-electron chi connectivity index (χ2n) is 20.0. The highest BCUT2D eigenvalue weighted by molar-refractivity contribution is 6.33. The molecule has 6 aliphatic carbocycles.